The maximum absolute atomic E-state index is 12.9. The third-order valence-electron chi connectivity index (χ3n) is 8.70. The molecule has 0 aromatic rings. The van der Waals surface area contributed by atoms with Crippen molar-refractivity contribution in [3.8, 4) is 0 Å². The Hall–Kier alpha value is -1.80. The molecule has 49 heavy (non-hydrogen) atoms. The number of unbranched alkanes of at least 4 members (excludes halogenated alkanes) is 2. The summed E-state index contributed by atoms with van der Waals surface area (Å²) in [5.41, 5.74) is 0. The summed E-state index contributed by atoms with van der Waals surface area (Å²) in [4.78, 5) is 74.0. The van der Waals surface area contributed by atoms with Gasteiger partial charge in [-0.1, -0.05) is 0 Å². The van der Waals surface area contributed by atoms with Crippen molar-refractivity contribution in [2.24, 2.45) is 11.8 Å². The van der Waals surface area contributed by atoms with Crippen molar-refractivity contribution in [2.75, 3.05) is 79.8 Å². The highest BCUT2D eigenvalue weighted by Gasteiger charge is 2.42. The van der Waals surface area contributed by atoms with Crippen LogP contribution in [-0.2, 0) is 57.2 Å². The van der Waals surface area contributed by atoms with Gasteiger partial charge in [0.1, 0.15) is 24.9 Å². The van der Waals surface area contributed by atoms with E-state index in [0.717, 1.165) is 25.9 Å². The van der Waals surface area contributed by atoms with Gasteiger partial charge in [0, 0.05) is 13.8 Å². The number of rotatable bonds is 18. The quantitative estimate of drug-likeness (QED) is 0.0432. The van der Waals surface area contributed by atoms with E-state index in [1.165, 1.54) is 13.8 Å². The molecule has 6 atom stereocenters. The fourth-order valence-corrected chi connectivity index (χ4v) is 6.54. The van der Waals surface area contributed by atoms with Gasteiger partial charge in [-0.2, -0.15) is 0 Å². The van der Waals surface area contributed by atoms with E-state index in [2.05, 4.69) is 0 Å². The van der Waals surface area contributed by atoms with E-state index in [-0.39, 0.29) is 98.0 Å². The monoisotopic (exact) mass is 926 g/mol. The average molecular weight is 927 g/mol. The van der Waals surface area contributed by atoms with E-state index in [0.29, 0.717) is 67.4 Å². The number of hydrogen-bond donors (Lipinski definition) is 0. The Labute approximate surface area is 324 Å². The fourth-order valence-electron chi connectivity index (χ4n) is 6.54. The summed E-state index contributed by atoms with van der Waals surface area (Å²) in [6.45, 7) is 9.58. The summed E-state index contributed by atoms with van der Waals surface area (Å²) in [6, 6.07) is 0. The first-order valence-electron chi connectivity index (χ1n) is 16.9. The highest BCUT2D eigenvalue weighted by molar-refractivity contribution is 5.79. The normalized spacial score (nSPS) is 24.4. The lowest BCUT2D eigenvalue weighted by Gasteiger charge is -2.41. The molecular formula is C33H56I2N2O12. The van der Waals surface area contributed by atoms with Gasteiger partial charge in [-0.3, -0.25) is 19.2 Å². The van der Waals surface area contributed by atoms with Crippen LogP contribution in [0.15, 0.2) is 0 Å². The predicted molar refractivity (Wildman–Crippen MR) is 167 cm³/mol. The van der Waals surface area contributed by atoms with Gasteiger partial charge in [0.25, 0.3) is 0 Å². The van der Waals surface area contributed by atoms with Crippen molar-refractivity contribution in [3.05, 3.63) is 0 Å². The lowest BCUT2D eigenvalue weighted by Crippen LogP contribution is -3.00. The Balaban J connectivity index is 0.0000115. The molecule has 16 heteroatoms. The molecule has 2 aliphatic rings. The van der Waals surface area contributed by atoms with E-state index in [1.807, 2.05) is 14.1 Å². The first-order chi connectivity index (χ1) is 22.2. The number of halogens is 2. The topological polar surface area (TPSA) is 158 Å². The molecule has 2 saturated heterocycles. The summed E-state index contributed by atoms with van der Waals surface area (Å²) < 4.78 is 32.6. The largest absolute Gasteiger partial charge is 1.00 e. The molecule has 0 aromatic carbocycles. The molecule has 0 aliphatic carbocycles. The van der Waals surface area contributed by atoms with Crippen LogP contribution < -0.4 is 48.0 Å². The van der Waals surface area contributed by atoms with Crippen LogP contribution in [-0.4, -0.2) is 137 Å². The Morgan fingerprint density at radius 2 is 0.980 bits per heavy atom. The lowest BCUT2D eigenvalue weighted by molar-refractivity contribution is -0.918. The van der Waals surface area contributed by atoms with Crippen LogP contribution in [0.2, 0.25) is 0 Å². The summed E-state index contributed by atoms with van der Waals surface area (Å²) in [5, 5.41) is 0. The number of ether oxygens (including phenoxy) is 6. The molecule has 2 rings (SSSR count). The van der Waals surface area contributed by atoms with E-state index in [9.17, 15) is 28.8 Å². The third-order valence-corrected chi connectivity index (χ3v) is 8.70. The van der Waals surface area contributed by atoms with Crippen LogP contribution in [0, 0.1) is 11.8 Å². The molecule has 6 unspecified atom stereocenters. The molecule has 14 nitrogen and oxygen atoms in total. The number of carbonyl (C=O) groups is 6. The lowest BCUT2D eigenvalue weighted by atomic mass is 9.95. The van der Waals surface area contributed by atoms with E-state index < -0.39 is 36.1 Å². The van der Waals surface area contributed by atoms with Crippen molar-refractivity contribution < 1.29 is 114 Å². The number of likely N-dealkylation sites (N-methyl/N-ethyl adjacent to an activating group) is 2. The SMILES string of the molecule is CCOC(=O)C1CCC[N+](C)(CC(OC(C)=O)C(=O)OCCCCCOC(=O)C(C[N+]2(C)CCCC(C(=O)OCC)C2)OC(C)=O)C1.[I-].[I-]. The number of piperidine rings is 2. The summed E-state index contributed by atoms with van der Waals surface area (Å²) in [6.07, 6.45) is 2.35. The van der Waals surface area contributed by atoms with E-state index in [1.54, 1.807) is 13.8 Å². The van der Waals surface area contributed by atoms with Gasteiger partial charge in [0.05, 0.1) is 66.7 Å². The van der Waals surface area contributed by atoms with Crippen molar-refractivity contribution >= 4 is 35.8 Å². The average Bonchev–Trinajstić information content (AvgIpc) is 2.99. The maximum Gasteiger partial charge on any atom is 0.353 e. The number of carbonyl (C=O) groups excluding carboxylic acids is 6. The number of quaternary nitrogens is 2. The molecule has 284 valence electrons. The Kier molecular flexibility index (Phi) is 22.8. The summed E-state index contributed by atoms with van der Waals surface area (Å²) in [5.74, 6) is -3.54. The molecule has 2 heterocycles. The maximum atomic E-state index is 12.9. The number of likely N-dealkylation sites (tertiary alicyclic amines) is 2. The van der Waals surface area contributed by atoms with E-state index in [4.69, 9.17) is 28.4 Å². The van der Waals surface area contributed by atoms with Crippen LogP contribution in [0.3, 0.4) is 0 Å². The molecule has 0 N–H and O–H groups in total. The fraction of sp³-hybridized carbons (Fsp3) is 0.818. The van der Waals surface area contributed by atoms with Gasteiger partial charge < -0.3 is 85.3 Å². The Morgan fingerprint density at radius 3 is 1.31 bits per heavy atom. The van der Waals surface area contributed by atoms with Crippen LogP contribution in [0.5, 0.6) is 0 Å². The van der Waals surface area contributed by atoms with Crippen LogP contribution in [0.1, 0.15) is 72.6 Å². The van der Waals surface area contributed by atoms with Crippen molar-refractivity contribution in [1.29, 1.82) is 0 Å². The first kappa shape index (κ1) is 47.2. The van der Waals surface area contributed by atoms with Gasteiger partial charge in [-0.05, 0) is 58.8 Å². The van der Waals surface area contributed by atoms with Crippen molar-refractivity contribution in [1.82, 2.24) is 0 Å². The van der Waals surface area contributed by atoms with Gasteiger partial charge >= 0.3 is 35.8 Å². The molecule has 0 bridgehead atoms. The Bertz CT molecular complexity index is 1010. The van der Waals surface area contributed by atoms with E-state index >= 15 is 0 Å². The second-order valence-electron chi connectivity index (χ2n) is 13.2. The van der Waals surface area contributed by atoms with Crippen LogP contribution in [0.25, 0.3) is 0 Å². The zero-order valence-electron chi connectivity index (χ0n) is 29.9. The summed E-state index contributed by atoms with van der Waals surface area (Å²) >= 11 is 0. The molecule has 0 spiro atoms. The van der Waals surface area contributed by atoms with Gasteiger partial charge in [0.2, 0.25) is 12.2 Å². The predicted octanol–water partition coefficient (Wildman–Crippen LogP) is -4.05. The molecule has 0 radical (unpaired) electrons. The van der Waals surface area contributed by atoms with Gasteiger partial charge in [-0.25, -0.2) is 9.59 Å². The molecule has 0 aromatic heterocycles. The van der Waals surface area contributed by atoms with Crippen molar-refractivity contribution in [3.63, 3.8) is 0 Å². The molecule has 2 aliphatic heterocycles. The second-order valence-corrected chi connectivity index (χ2v) is 13.2. The number of nitrogens with zero attached hydrogens (tertiary/aromatic N) is 2. The minimum absolute atomic E-state index is 0. The molecule has 0 amide bonds. The smallest absolute Gasteiger partial charge is 0.353 e. The molecule has 0 saturated carbocycles. The van der Waals surface area contributed by atoms with Crippen LogP contribution in [0.4, 0.5) is 0 Å². The first-order valence-corrected chi connectivity index (χ1v) is 16.9. The minimum atomic E-state index is -1.10. The third kappa shape index (κ3) is 17.3. The minimum Gasteiger partial charge on any atom is -1.00 e. The summed E-state index contributed by atoms with van der Waals surface area (Å²) in [7, 11) is 3.86. The van der Waals surface area contributed by atoms with Crippen LogP contribution >= 0.6 is 0 Å². The zero-order valence-corrected chi connectivity index (χ0v) is 34.2. The number of hydrogen-bond acceptors (Lipinski definition) is 12. The second kappa shape index (κ2) is 23.6. The molecule has 2 fully saturated rings. The highest BCUT2D eigenvalue weighted by atomic mass is 127. The standard InChI is InChI=1S/C33H56N2O12.2HI/c1-7-42-30(38)26-14-12-16-34(5,20-26)22-28(46-24(3)36)32(40)44-18-10-9-11-19-45-33(41)29(47-25(4)37)23-35(6)17-13-15-27(21-35)31(39)43-8-2;;/h26-29H,7-23H2,1-6H3;2*1H/q+2;;/p-2. The van der Waals surface area contributed by atoms with Gasteiger partial charge in [0.15, 0.2) is 0 Å². The highest BCUT2D eigenvalue weighted by Crippen LogP contribution is 2.26. The van der Waals surface area contributed by atoms with Gasteiger partial charge in [-0.15, -0.1) is 0 Å². The van der Waals surface area contributed by atoms with Crippen molar-refractivity contribution in [2.45, 2.75) is 84.8 Å². The number of esters is 6. The Morgan fingerprint density at radius 1 is 0.612 bits per heavy atom. The molecular weight excluding hydrogens is 870 g/mol. The zero-order chi connectivity index (χ0) is 35.0.